The first kappa shape index (κ1) is 17.4. The molecule has 2 N–H and O–H groups in total. The van der Waals surface area contributed by atoms with E-state index < -0.39 is 11.8 Å². The Bertz CT molecular complexity index is 771. The number of carbonyl (C=O) groups is 2. The summed E-state index contributed by atoms with van der Waals surface area (Å²) in [5.41, 5.74) is 1.66. The average molecular weight is 361 g/mol. The lowest BCUT2D eigenvalue weighted by Gasteiger charge is -2.16. The van der Waals surface area contributed by atoms with Crippen molar-refractivity contribution in [3.05, 3.63) is 70.5 Å². The minimum Gasteiger partial charge on any atom is -0.347 e. The van der Waals surface area contributed by atoms with Crippen molar-refractivity contribution in [2.24, 2.45) is 0 Å². The van der Waals surface area contributed by atoms with Crippen LogP contribution in [0.3, 0.4) is 0 Å². The first-order valence-corrected chi connectivity index (χ1v) is 8.43. The molecule has 0 bridgehead atoms. The molecule has 25 heavy (non-hydrogen) atoms. The first-order chi connectivity index (χ1) is 12.0. The van der Waals surface area contributed by atoms with E-state index >= 15 is 0 Å². The minimum absolute atomic E-state index is 0.181. The van der Waals surface area contributed by atoms with Crippen LogP contribution in [0.15, 0.2) is 48.5 Å². The summed E-state index contributed by atoms with van der Waals surface area (Å²) in [5.74, 6) is -1.63. The van der Waals surface area contributed by atoms with E-state index in [1.165, 1.54) is 12.1 Å². The molecule has 6 heteroatoms. The third-order valence-corrected chi connectivity index (χ3v) is 4.72. The maximum Gasteiger partial charge on any atom is 0.309 e. The Kier molecular flexibility index (Phi) is 5.04. The molecular formula is C19H18ClFN2O2. The molecule has 0 spiro atoms. The van der Waals surface area contributed by atoms with E-state index in [0.29, 0.717) is 11.6 Å². The number of hydrogen-bond acceptors (Lipinski definition) is 2. The van der Waals surface area contributed by atoms with Crippen molar-refractivity contribution in [1.82, 2.24) is 10.6 Å². The van der Waals surface area contributed by atoms with Crippen LogP contribution in [0.1, 0.15) is 24.0 Å². The monoisotopic (exact) mass is 360 g/mol. The second kappa shape index (κ2) is 7.23. The SMILES string of the molecule is O=C(NCc1ccc(Cl)cc1)C(=O)NCC1(c2ccc(F)cc2)CC1. The summed E-state index contributed by atoms with van der Waals surface area (Å²) in [6, 6.07) is 13.3. The zero-order valence-corrected chi connectivity index (χ0v) is 14.3. The van der Waals surface area contributed by atoms with Gasteiger partial charge in [-0.2, -0.15) is 0 Å². The molecule has 2 amide bonds. The van der Waals surface area contributed by atoms with Gasteiger partial charge in [-0.1, -0.05) is 35.9 Å². The predicted octanol–water partition coefficient (Wildman–Crippen LogP) is 2.94. The second-order valence-electron chi connectivity index (χ2n) is 6.28. The molecule has 1 aliphatic carbocycles. The average Bonchev–Trinajstić information content (AvgIpc) is 3.40. The molecule has 1 saturated carbocycles. The van der Waals surface area contributed by atoms with Crippen molar-refractivity contribution < 1.29 is 14.0 Å². The molecule has 2 aromatic carbocycles. The fraction of sp³-hybridized carbons (Fsp3) is 0.263. The van der Waals surface area contributed by atoms with Gasteiger partial charge in [-0.25, -0.2) is 4.39 Å². The van der Waals surface area contributed by atoms with E-state index in [2.05, 4.69) is 10.6 Å². The van der Waals surface area contributed by atoms with Crippen LogP contribution in [-0.4, -0.2) is 18.4 Å². The van der Waals surface area contributed by atoms with E-state index in [1.807, 2.05) is 0 Å². The molecule has 0 aromatic heterocycles. The van der Waals surface area contributed by atoms with Gasteiger partial charge in [-0.3, -0.25) is 9.59 Å². The Morgan fingerprint density at radius 2 is 1.56 bits per heavy atom. The van der Waals surface area contributed by atoms with Gasteiger partial charge in [0, 0.05) is 23.5 Å². The van der Waals surface area contributed by atoms with Crippen molar-refractivity contribution in [1.29, 1.82) is 0 Å². The number of halogens is 2. The van der Waals surface area contributed by atoms with Crippen molar-refractivity contribution in [3.8, 4) is 0 Å². The number of rotatable bonds is 5. The van der Waals surface area contributed by atoms with Gasteiger partial charge in [-0.15, -0.1) is 0 Å². The Morgan fingerprint density at radius 3 is 2.16 bits per heavy atom. The largest absolute Gasteiger partial charge is 0.347 e. The normalized spacial score (nSPS) is 14.6. The zero-order chi connectivity index (χ0) is 17.9. The Morgan fingerprint density at radius 1 is 0.960 bits per heavy atom. The Labute approximate surface area is 150 Å². The van der Waals surface area contributed by atoms with Crippen LogP contribution in [0.2, 0.25) is 5.02 Å². The van der Waals surface area contributed by atoms with Gasteiger partial charge < -0.3 is 10.6 Å². The van der Waals surface area contributed by atoms with Crippen molar-refractivity contribution in [2.45, 2.75) is 24.8 Å². The summed E-state index contributed by atoms with van der Waals surface area (Å²) < 4.78 is 13.0. The maximum absolute atomic E-state index is 13.0. The van der Waals surface area contributed by atoms with Crippen LogP contribution in [0, 0.1) is 5.82 Å². The first-order valence-electron chi connectivity index (χ1n) is 8.05. The van der Waals surface area contributed by atoms with E-state index in [1.54, 1.807) is 36.4 Å². The number of hydrogen-bond donors (Lipinski definition) is 2. The third-order valence-electron chi connectivity index (χ3n) is 4.47. The smallest absolute Gasteiger partial charge is 0.309 e. The molecule has 1 fully saturated rings. The summed E-state index contributed by atoms with van der Waals surface area (Å²) >= 11 is 5.80. The van der Waals surface area contributed by atoms with Crippen LogP contribution in [0.25, 0.3) is 0 Å². The van der Waals surface area contributed by atoms with Gasteiger partial charge in [0.1, 0.15) is 5.82 Å². The highest BCUT2D eigenvalue weighted by Crippen LogP contribution is 2.47. The standard InChI is InChI=1S/C19H18ClFN2O2/c20-15-5-1-13(2-6-15)11-22-17(24)18(25)23-12-19(9-10-19)14-3-7-16(21)8-4-14/h1-8H,9-12H2,(H,22,24)(H,23,25). The van der Waals surface area contributed by atoms with Gasteiger partial charge in [0.2, 0.25) is 0 Å². The molecule has 0 saturated heterocycles. The molecule has 0 heterocycles. The zero-order valence-electron chi connectivity index (χ0n) is 13.5. The molecular weight excluding hydrogens is 343 g/mol. The van der Waals surface area contributed by atoms with E-state index in [-0.39, 0.29) is 17.8 Å². The molecule has 3 rings (SSSR count). The van der Waals surface area contributed by atoms with Crippen molar-refractivity contribution in [3.63, 3.8) is 0 Å². The van der Waals surface area contributed by atoms with Gasteiger partial charge in [0.05, 0.1) is 0 Å². The maximum atomic E-state index is 13.0. The summed E-state index contributed by atoms with van der Waals surface area (Å²) in [6.07, 6.45) is 1.82. The topological polar surface area (TPSA) is 58.2 Å². The summed E-state index contributed by atoms with van der Waals surface area (Å²) in [6.45, 7) is 0.623. The van der Waals surface area contributed by atoms with Crippen LogP contribution >= 0.6 is 11.6 Å². The van der Waals surface area contributed by atoms with Gasteiger partial charge in [-0.05, 0) is 48.2 Å². The molecule has 0 radical (unpaired) electrons. The third kappa shape index (κ3) is 4.37. The fourth-order valence-electron chi connectivity index (χ4n) is 2.72. The van der Waals surface area contributed by atoms with Crippen LogP contribution in [0.4, 0.5) is 4.39 Å². The summed E-state index contributed by atoms with van der Waals surface area (Å²) in [4.78, 5) is 23.9. The predicted molar refractivity (Wildman–Crippen MR) is 93.6 cm³/mol. The van der Waals surface area contributed by atoms with Gasteiger partial charge in [0.25, 0.3) is 0 Å². The molecule has 2 aromatic rings. The lowest BCUT2D eigenvalue weighted by atomic mass is 9.96. The highest BCUT2D eigenvalue weighted by molar-refractivity contribution is 6.35. The van der Waals surface area contributed by atoms with E-state index in [4.69, 9.17) is 11.6 Å². The van der Waals surface area contributed by atoms with Crippen LogP contribution in [0.5, 0.6) is 0 Å². The molecule has 0 atom stereocenters. The minimum atomic E-state index is -0.676. The van der Waals surface area contributed by atoms with Gasteiger partial charge in [0.15, 0.2) is 0 Å². The quantitative estimate of drug-likeness (QED) is 0.805. The molecule has 0 aliphatic heterocycles. The summed E-state index contributed by atoms with van der Waals surface area (Å²) in [5, 5.41) is 5.87. The van der Waals surface area contributed by atoms with Gasteiger partial charge >= 0.3 is 11.8 Å². The van der Waals surface area contributed by atoms with Crippen LogP contribution in [-0.2, 0) is 21.5 Å². The number of benzene rings is 2. The molecule has 0 unspecified atom stereocenters. The van der Waals surface area contributed by atoms with E-state index in [0.717, 1.165) is 24.0 Å². The molecule has 1 aliphatic rings. The Hall–Kier alpha value is -2.40. The number of amides is 2. The van der Waals surface area contributed by atoms with Crippen molar-refractivity contribution in [2.75, 3.05) is 6.54 Å². The Balaban J connectivity index is 1.49. The number of carbonyl (C=O) groups excluding carboxylic acids is 2. The fourth-order valence-corrected chi connectivity index (χ4v) is 2.84. The molecule has 4 nitrogen and oxygen atoms in total. The van der Waals surface area contributed by atoms with Crippen LogP contribution < -0.4 is 10.6 Å². The van der Waals surface area contributed by atoms with Crippen molar-refractivity contribution >= 4 is 23.4 Å². The highest BCUT2D eigenvalue weighted by atomic mass is 35.5. The van der Waals surface area contributed by atoms with E-state index in [9.17, 15) is 14.0 Å². The lowest BCUT2D eigenvalue weighted by Crippen LogP contribution is -2.42. The number of nitrogens with one attached hydrogen (secondary N) is 2. The lowest BCUT2D eigenvalue weighted by molar-refractivity contribution is -0.139. The second-order valence-corrected chi connectivity index (χ2v) is 6.72. The molecule has 130 valence electrons. The summed E-state index contributed by atoms with van der Waals surface area (Å²) in [7, 11) is 0. The highest BCUT2D eigenvalue weighted by Gasteiger charge is 2.44.